The third kappa shape index (κ3) is 4.61. The van der Waals surface area contributed by atoms with Crippen LogP contribution >= 0.6 is 15.9 Å². The Morgan fingerprint density at radius 1 is 1.03 bits per heavy atom. The van der Waals surface area contributed by atoms with Crippen LogP contribution in [0.5, 0.6) is 0 Å². The molecule has 4 aliphatic rings. The minimum Gasteiger partial charge on any atom is -0.371 e. The molecule has 202 valence electrons. The van der Waals surface area contributed by atoms with Crippen LogP contribution in [0.15, 0.2) is 45.9 Å². The monoisotopic (exact) mass is 577 g/mol. The van der Waals surface area contributed by atoms with Crippen molar-refractivity contribution in [2.24, 2.45) is 10.9 Å². The summed E-state index contributed by atoms with van der Waals surface area (Å²) in [7, 11) is 1.92. The van der Waals surface area contributed by atoms with Gasteiger partial charge in [-0.25, -0.2) is 0 Å². The molecule has 0 amide bonds. The Kier molecular flexibility index (Phi) is 7.61. The van der Waals surface area contributed by atoms with Crippen molar-refractivity contribution >= 4 is 45.1 Å². The Balaban J connectivity index is 1.32. The molecule has 0 radical (unpaired) electrons. The van der Waals surface area contributed by atoms with E-state index in [9.17, 15) is 4.79 Å². The Bertz CT molecular complexity index is 1190. The number of nitrogens with zero attached hydrogens (tertiary/aromatic N) is 4. The van der Waals surface area contributed by atoms with Crippen molar-refractivity contribution < 1.29 is 4.79 Å². The lowest BCUT2D eigenvalue weighted by atomic mass is 9.70. The summed E-state index contributed by atoms with van der Waals surface area (Å²) in [6, 6.07) is 13.2. The lowest BCUT2D eigenvalue weighted by molar-refractivity contribution is 0.112. The van der Waals surface area contributed by atoms with Crippen molar-refractivity contribution in [3.8, 4) is 0 Å². The summed E-state index contributed by atoms with van der Waals surface area (Å²) in [6.45, 7) is 8.06. The molecule has 1 saturated carbocycles. The molecule has 0 atom stereocenters. The van der Waals surface area contributed by atoms with Crippen molar-refractivity contribution in [3.63, 3.8) is 0 Å². The van der Waals surface area contributed by atoms with Gasteiger partial charge in [0, 0.05) is 63.0 Å². The summed E-state index contributed by atoms with van der Waals surface area (Å²) in [6.07, 6.45) is 9.42. The molecule has 0 aromatic heterocycles. The van der Waals surface area contributed by atoms with Crippen LogP contribution in [0.4, 0.5) is 17.1 Å². The second-order valence-corrected chi connectivity index (χ2v) is 12.4. The van der Waals surface area contributed by atoms with E-state index in [1.54, 1.807) is 0 Å². The summed E-state index contributed by atoms with van der Waals surface area (Å²) >= 11 is 3.63. The Hall–Kier alpha value is -2.22. The molecule has 38 heavy (non-hydrogen) atoms. The molecule has 2 aromatic carbocycles. The quantitative estimate of drug-likeness (QED) is 0.457. The smallest absolute Gasteiger partial charge is 0.153 e. The summed E-state index contributed by atoms with van der Waals surface area (Å²) in [4.78, 5) is 24.7. The molecule has 3 heterocycles. The summed E-state index contributed by atoms with van der Waals surface area (Å²) in [5, 5.41) is 3.47. The van der Waals surface area contributed by atoms with Crippen LogP contribution < -0.4 is 15.1 Å². The molecule has 2 aromatic rings. The van der Waals surface area contributed by atoms with Gasteiger partial charge in [0.15, 0.2) is 6.29 Å². The second kappa shape index (κ2) is 11.1. The van der Waals surface area contributed by atoms with Crippen molar-refractivity contribution in [2.45, 2.75) is 50.4 Å². The number of aliphatic imine (C=N–C) groups is 1. The summed E-state index contributed by atoms with van der Waals surface area (Å²) in [5.41, 5.74) is 5.41. The lowest BCUT2D eigenvalue weighted by Crippen LogP contribution is -2.46. The van der Waals surface area contributed by atoms with Gasteiger partial charge in [0.1, 0.15) is 5.84 Å². The normalized spacial score (nSPS) is 23.3. The van der Waals surface area contributed by atoms with Gasteiger partial charge in [0.2, 0.25) is 0 Å². The van der Waals surface area contributed by atoms with E-state index < -0.39 is 0 Å². The maximum atomic E-state index is 12.3. The number of benzene rings is 2. The first-order valence-electron chi connectivity index (χ1n) is 14.5. The number of amidine groups is 1. The highest BCUT2D eigenvalue weighted by molar-refractivity contribution is 9.10. The number of rotatable bonds is 5. The maximum absolute atomic E-state index is 12.3. The van der Waals surface area contributed by atoms with E-state index in [0.717, 1.165) is 67.2 Å². The lowest BCUT2D eigenvalue weighted by Gasteiger charge is -2.37. The fourth-order valence-corrected chi connectivity index (χ4v) is 7.88. The zero-order valence-electron chi connectivity index (χ0n) is 22.6. The van der Waals surface area contributed by atoms with E-state index in [2.05, 4.69) is 60.2 Å². The molecule has 0 bridgehead atoms. The molecule has 0 unspecified atom stereocenters. The van der Waals surface area contributed by atoms with E-state index in [4.69, 9.17) is 4.99 Å². The number of piperidine rings is 1. The molecule has 6 nitrogen and oxygen atoms in total. The minimum absolute atomic E-state index is 0.0698. The van der Waals surface area contributed by atoms with Gasteiger partial charge in [-0.2, -0.15) is 0 Å². The first kappa shape index (κ1) is 26.0. The number of halogens is 1. The molecule has 1 aliphatic carbocycles. The topological polar surface area (TPSA) is 51.2 Å². The van der Waals surface area contributed by atoms with Crippen LogP contribution in [0.2, 0.25) is 0 Å². The van der Waals surface area contributed by atoms with E-state index in [1.165, 1.54) is 68.7 Å². The van der Waals surface area contributed by atoms with Gasteiger partial charge in [-0.1, -0.05) is 31.4 Å². The molecular formula is C31H40BrN5O. The number of hydrogen-bond donors (Lipinski definition) is 1. The van der Waals surface area contributed by atoms with E-state index in [1.807, 2.05) is 19.2 Å². The number of carbonyl (C=O) groups is 1. The summed E-state index contributed by atoms with van der Waals surface area (Å²) in [5.74, 6) is 1.89. The van der Waals surface area contributed by atoms with E-state index in [0.29, 0.717) is 5.56 Å². The number of anilines is 3. The zero-order chi connectivity index (χ0) is 26.1. The van der Waals surface area contributed by atoms with Gasteiger partial charge >= 0.3 is 0 Å². The summed E-state index contributed by atoms with van der Waals surface area (Å²) < 4.78 is 0.828. The molecule has 1 spiro atoms. The van der Waals surface area contributed by atoms with Gasteiger partial charge in [0.25, 0.3) is 0 Å². The molecule has 7 heteroatoms. The van der Waals surface area contributed by atoms with Crippen LogP contribution in [0, 0.1) is 5.92 Å². The Labute approximate surface area is 235 Å². The first-order chi connectivity index (χ1) is 18.6. The molecule has 1 N–H and O–H groups in total. The van der Waals surface area contributed by atoms with Gasteiger partial charge in [-0.3, -0.25) is 14.7 Å². The van der Waals surface area contributed by atoms with Crippen molar-refractivity contribution in [1.29, 1.82) is 0 Å². The number of aldehydes is 1. The molecular weight excluding hydrogens is 538 g/mol. The molecule has 3 aliphatic heterocycles. The predicted molar refractivity (Wildman–Crippen MR) is 160 cm³/mol. The second-order valence-electron chi connectivity index (χ2n) is 11.5. The van der Waals surface area contributed by atoms with Crippen molar-refractivity contribution in [1.82, 2.24) is 10.2 Å². The van der Waals surface area contributed by atoms with Crippen molar-refractivity contribution in [3.05, 3.63) is 52.0 Å². The Morgan fingerprint density at radius 2 is 1.79 bits per heavy atom. The molecule has 6 rings (SSSR count). The highest BCUT2D eigenvalue weighted by atomic mass is 79.9. The van der Waals surface area contributed by atoms with Gasteiger partial charge in [-0.05, 0) is 77.4 Å². The van der Waals surface area contributed by atoms with Crippen LogP contribution in [0.25, 0.3) is 0 Å². The Morgan fingerprint density at radius 3 is 2.50 bits per heavy atom. The van der Waals surface area contributed by atoms with Crippen LogP contribution in [0.3, 0.4) is 0 Å². The SMILES string of the molecule is CN=C1N(c2cccc(Br)c2C=O)c2cc(N3CCC(CN4CCNCC4)CC3)ccc2C12CCCCC2. The fraction of sp³-hybridized carbons (Fsp3) is 0.548. The number of piperazine rings is 1. The highest BCUT2D eigenvalue weighted by Gasteiger charge is 2.50. The fourth-order valence-electron chi connectivity index (χ4n) is 7.43. The first-order valence-corrected chi connectivity index (χ1v) is 15.3. The molecule has 2 saturated heterocycles. The average Bonchev–Trinajstić information content (AvgIpc) is 3.22. The highest BCUT2D eigenvalue weighted by Crippen LogP contribution is 2.54. The van der Waals surface area contributed by atoms with Crippen LogP contribution in [-0.4, -0.2) is 69.9 Å². The predicted octanol–water partition coefficient (Wildman–Crippen LogP) is 5.77. The maximum Gasteiger partial charge on any atom is 0.153 e. The minimum atomic E-state index is -0.0698. The third-order valence-electron chi connectivity index (χ3n) is 9.39. The van der Waals surface area contributed by atoms with Crippen molar-refractivity contribution in [2.75, 3.05) is 62.7 Å². The van der Waals surface area contributed by atoms with E-state index >= 15 is 0 Å². The average molecular weight is 579 g/mol. The van der Waals surface area contributed by atoms with Crippen LogP contribution in [-0.2, 0) is 5.41 Å². The van der Waals surface area contributed by atoms with Gasteiger partial charge in [0.05, 0.1) is 22.4 Å². The number of nitrogens with one attached hydrogen (secondary N) is 1. The largest absolute Gasteiger partial charge is 0.371 e. The number of fused-ring (bicyclic) bond motifs is 2. The number of carbonyl (C=O) groups excluding carboxylic acids is 1. The third-order valence-corrected chi connectivity index (χ3v) is 10.1. The van der Waals surface area contributed by atoms with E-state index in [-0.39, 0.29) is 5.41 Å². The zero-order valence-corrected chi connectivity index (χ0v) is 24.2. The van der Waals surface area contributed by atoms with Crippen LogP contribution in [0.1, 0.15) is 60.9 Å². The number of hydrogen-bond acceptors (Lipinski definition) is 5. The standard InChI is InChI=1S/C31H40BrN5O/c1-33-30-31(12-3-2-4-13-31)26-9-8-24(20-29(26)37(30)28-7-5-6-27(32)25(28)22-38)36-16-10-23(11-17-36)21-35-18-14-34-15-19-35/h5-9,20,22-23,34H,2-4,10-19,21H2,1H3. The van der Waals surface area contributed by atoms with Gasteiger partial charge < -0.3 is 15.1 Å². The van der Waals surface area contributed by atoms with Gasteiger partial charge in [-0.15, -0.1) is 0 Å². The molecule has 3 fully saturated rings.